The van der Waals surface area contributed by atoms with Crippen LogP contribution in [0.1, 0.15) is 12.0 Å². The van der Waals surface area contributed by atoms with E-state index in [0.29, 0.717) is 6.42 Å². The SMILES string of the molecule is NC(=O)CNC(=O)CCc1ccc(O)cc1. The Morgan fingerprint density at radius 1 is 1.25 bits per heavy atom. The minimum absolute atomic E-state index is 0.131. The van der Waals surface area contributed by atoms with Gasteiger partial charge < -0.3 is 16.2 Å². The van der Waals surface area contributed by atoms with E-state index in [2.05, 4.69) is 5.32 Å². The number of phenolic OH excluding ortho intramolecular Hbond substituents is 1. The van der Waals surface area contributed by atoms with Crippen LogP contribution < -0.4 is 11.1 Å². The quantitative estimate of drug-likeness (QED) is 0.651. The number of phenols is 1. The fourth-order valence-electron chi connectivity index (χ4n) is 1.19. The molecule has 1 aromatic rings. The Morgan fingerprint density at radius 2 is 1.88 bits per heavy atom. The van der Waals surface area contributed by atoms with Crippen molar-refractivity contribution in [1.29, 1.82) is 0 Å². The lowest BCUT2D eigenvalue weighted by molar-refractivity contribution is -0.124. The van der Waals surface area contributed by atoms with E-state index in [9.17, 15) is 9.59 Å². The van der Waals surface area contributed by atoms with Crippen LogP contribution in [-0.2, 0) is 16.0 Å². The van der Waals surface area contributed by atoms with Crippen LogP contribution in [0.3, 0.4) is 0 Å². The third-order valence-electron chi connectivity index (χ3n) is 2.04. The van der Waals surface area contributed by atoms with Crippen molar-refractivity contribution in [3.63, 3.8) is 0 Å². The van der Waals surface area contributed by atoms with Crippen molar-refractivity contribution in [3.05, 3.63) is 29.8 Å². The number of carbonyl (C=O) groups excluding carboxylic acids is 2. The first-order chi connectivity index (χ1) is 7.58. The Balaban J connectivity index is 2.31. The molecule has 5 nitrogen and oxygen atoms in total. The highest BCUT2D eigenvalue weighted by Crippen LogP contribution is 2.10. The number of benzene rings is 1. The molecule has 0 heterocycles. The average molecular weight is 222 g/mol. The van der Waals surface area contributed by atoms with Gasteiger partial charge in [0, 0.05) is 6.42 Å². The molecule has 0 spiro atoms. The fourth-order valence-corrected chi connectivity index (χ4v) is 1.19. The van der Waals surface area contributed by atoms with Crippen LogP contribution in [0.15, 0.2) is 24.3 Å². The summed E-state index contributed by atoms with van der Waals surface area (Å²) in [5.41, 5.74) is 5.83. The van der Waals surface area contributed by atoms with Crippen molar-refractivity contribution in [2.75, 3.05) is 6.54 Å². The number of rotatable bonds is 5. The van der Waals surface area contributed by atoms with Gasteiger partial charge in [-0.25, -0.2) is 0 Å². The van der Waals surface area contributed by atoms with Crippen LogP contribution in [0.25, 0.3) is 0 Å². The highest BCUT2D eigenvalue weighted by molar-refractivity contribution is 5.83. The van der Waals surface area contributed by atoms with Crippen LogP contribution in [0, 0.1) is 0 Å². The molecule has 0 atom stereocenters. The highest BCUT2D eigenvalue weighted by atomic mass is 16.3. The van der Waals surface area contributed by atoms with Gasteiger partial charge in [-0.3, -0.25) is 9.59 Å². The molecule has 86 valence electrons. The molecule has 0 aromatic heterocycles. The molecule has 0 aliphatic heterocycles. The largest absolute Gasteiger partial charge is 0.508 e. The molecule has 0 radical (unpaired) electrons. The molecule has 4 N–H and O–H groups in total. The van der Waals surface area contributed by atoms with E-state index in [1.807, 2.05) is 0 Å². The standard InChI is InChI=1S/C11H14N2O3/c12-10(15)7-13-11(16)6-3-8-1-4-9(14)5-2-8/h1-2,4-5,14H,3,6-7H2,(H2,12,15)(H,13,16). The molecule has 0 unspecified atom stereocenters. The number of carbonyl (C=O) groups is 2. The second-order valence-corrected chi connectivity index (χ2v) is 3.41. The first-order valence-electron chi connectivity index (χ1n) is 4.91. The molecule has 0 aliphatic rings. The molecule has 1 aromatic carbocycles. The number of nitrogens with one attached hydrogen (secondary N) is 1. The zero-order valence-electron chi connectivity index (χ0n) is 8.77. The first-order valence-corrected chi connectivity index (χ1v) is 4.91. The zero-order chi connectivity index (χ0) is 12.0. The second-order valence-electron chi connectivity index (χ2n) is 3.41. The van der Waals surface area contributed by atoms with E-state index in [1.165, 1.54) is 0 Å². The third-order valence-corrected chi connectivity index (χ3v) is 2.04. The van der Waals surface area contributed by atoms with E-state index in [-0.39, 0.29) is 24.6 Å². The van der Waals surface area contributed by atoms with Gasteiger partial charge in [0.15, 0.2) is 0 Å². The van der Waals surface area contributed by atoms with Gasteiger partial charge in [-0.2, -0.15) is 0 Å². The van der Waals surface area contributed by atoms with Crippen molar-refractivity contribution in [2.24, 2.45) is 5.73 Å². The maximum absolute atomic E-state index is 11.2. The topological polar surface area (TPSA) is 92.4 Å². The van der Waals surface area contributed by atoms with Gasteiger partial charge in [0.1, 0.15) is 5.75 Å². The number of primary amides is 1. The smallest absolute Gasteiger partial charge is 0.236 e. The highest BCUT2D eigenvalue weighted by Gasteiger charge is 2.03. The molecule has 0 aliphatic carbocycles. The van der Waals surface area contributed by atoms with E-state index in [1.54, 1.807) is 24.3 Å². The lowest BCUT2D eigenvalue weighted by atomic mass is 10.1. The van der Waals surface area contributed by atoms with Crippen LogP contribution in [-0.4, -0.2) is 23.5 Å². The number of hydrogen-bond acceptors (Lipinski definition) is 3. The molecule has 16 heavy (non-hydrogen) atoms. The summed E-state index contributed by atoms with van der Waals surface area (Å²) in [6.07, 6.45) is 0.850. The van der Waals surface area contributed by atoms with Crippen molar-refractivity contribution in [1.82, 2.24) is 5.32 Å². The summed E-state index contributed by atoms with van der Waals surface area (Å²) < 4.78 is 0. The predicted octanol–water partition coefficient (Wildman–Crippen LogP) is -0.0737. The van der Waals surface area contributed by atoms with Crippen molar-refractivity contribution in [2.45, 2.75) is 12.8 Å². The molecular weight excluding hydrogens is 208 g/mol. The minimum atomic E-state index is -0.557. The van der Waals surface area contributed by atoms with Crippen molar-refractivity contribution >= 4 is 11.8 Å². The Bertz CT molecular complexity index is 373. The van der Waals surface area contributed by atoms with Gasteiger partial charge >= 0.3 is 0 Å². The molecule has 2 amide bonds. The molecule has 5 heteroatoms. The monoisotopic (exact) mass is 222 g/mol. The van der Waals surface area contributed by atoms with Gasteiger partial charge in [0.2, 0.25) is 11.8 Å². The van der Waals surface area contributed by atoms with E-state index in [4.69, 9.17) is 10.8 Å². The van der Waals surface area contributed by atoms with Crippen LogP contribution in [0.2, 0.25) is 0 Å². The van der Waals surface area contributed by atoms with Gasteiger partial charge in [-0.05, 0) is 24.1 Å². The van der Waals surface area contributed by atoms with Gasteiger partial charge in [-0.15, -0.1) is 0 Å². The zero-order valence-corrected chi connectivity index (χ0v) is 8.77. The summed E-state index contributed by atoms with van der Waals surface area (Å²) >= 11 is 0. The minimum Gasteiger partial charge on any atom is -0.508 e. The average Bonchev–Trinajstić information content (AvgIpc) is 2.25. The molecule has 1 rings (SSSR count). The maximum atomic E-state index is 11.2. The number of amides is 2. The van der Waals surface area contributed by atoms with Gasteiger partial charge in [0.05, 0.1) is 6.54 Å². The lowest BCUT2D eigenvalue weighted by Gasteiger charge is -2.03. The summed E-state index contributed by atoms with van der Waals surface area (Å²) in [6, 6.07) is 6.63. The second kappa shape index (κ2) is 5.75. The molecule has 0 fully saturated rings. The van der Waals surface area contributed by atoms with Gasteiger partial charge in [0.25, 0.3) is 0 Å². The maximum Gasteiger partial charge on any atom is 0.236 e. The molecule has 0 bridgehead atoms. The Kier molecular flexibility index (Phi) is 4.32. The van der Waals surface area contributed by atoms with Crippen LogP contribution in [0.4, 0.5) is 0 Å². The molecule has 0 saturated carbocycles. The third kappa shape index (κ3) is 4.45. The number of nitrogens with two attached hydrogens (primary N) is 1. The first kappa shape index (κ1) is 12.0. The van der Waals surface area contributed by atoms with Crippen LogP contribution in [0.5, 0.6) is 5.75 Å². The molecule has 0 saturated heterocycles. The summed E-state index contributed by atoms with van der Waals surface area (Å²) in [7, 11) is 0. The van der Waals surface area contributed by atoms with E-state index < -0.39 is 5.91 Å². The predicted molar refractivity (Wildman–Crippen MR) is 58.6 cm³/mol. The Labute approximate surface area is 93.3 Å². The summed E-state index contributed by atoms with van der Waals surface area (Å²) in [6.45, 7) is -0.131. The Morgan fingerprint density at radius 3 is 2.44 bits per heavy atom. The van der Waals surface area contributed by atoms with Gasteiger partial charge in [-0.1, -0.05) is 12.1 Å². The summed E-state index contributed by atoms with van der Waals surface area (Å²) in [5.74, 6) is -0.577. The van der Waals surface area contributed by atoms with Crippen LogP contribution >= 0.6 is 0 Å². The summed E-state index contributed by atoms with van der Waals surface area (Å²) in [5, 5.41) is 11.4. The number of aromatic hydroxyl groups is 1. The van der Waals surface area contributed by atoms with Crippen molar-refractivity contribution < 1.29 is 14.7 Å². The van der Waals surface area contributed by atoms with E-state index in [0.717, 1.165) is 5.56 Å². The number of aryl methyl sites for hydroxylation is 1. The molecular formula is C11H14N2O3. The Hall–Kier alpha value is -2.04. The normalized spacial score (nSPS) is 9.75. The van der Waals surface area contributed by atoms with E-state index >= 15 is 0 Å². The number of hydrogen-bond donors (Lipinski definition) is 3. The van der Waals surface area contributed by atoms with Crippen molar-refractivity contribution in [3.8, 4) is 5.75 Å². The fraction of sp³-hybridized carbons (Fsp3) is 0.273. The lowest BCUT2D eigenvalue weighted by Crippen LogP contribution is -2.33. The summed E-state index contributed by atoms with van der Waals surface area (Å²) in [4.78, 5) is 21.6.